The maximum Gasteiger partial charge on any atom is 0.119 e. The van der Waals surface area contributed by atoms with Gasteiger partial charge in [-0.1, -0.05) is 12.1 Å². The van der Waals surface area contributed by atoms with Crippen LogP contribution in [0.25, 0.3) is 0 Å². The molecule has 19 heavy (non-hydrogen) atoms. The molecule has 1 aromatic heterocycles. The van der Waals surface area contributed by atoms with E-state index in [1.165, 1.54) is 11.1 Å². The van der Waals surface area contributed by atoms with Gasteiger partial charge in [0, 0.05) is 0 Å². The predicted molar refractivity (Wildman–Crippen MR) is 88.2 cm³/mol. The van der Waals surface area contributed by atoms with Crippen molar-refractivity contribution in [2.75, 3.05) is 13.7 Å². The first-order valence-corrected chi connectivity index (χ1v) is 8.40. The summed E-state index contributed by atoms with van der Waals surface area (Å²) < 4.78 is 7.74. The first-order chi connectivity index (χ1) is 9.15. The monoisotopic (exact) mass is 403 g/mol. The van der Waals surface area contributed by atoms with Crippen LogP contribution < -0.4 is 10.1 Å². The van der Waals surface area contributed by atoms with Crippen LogP contribution in [0.1, 0.15) is 24.1 Å². The molecule has 0 saturated heterocycles. The topological polar surface area (TPSA) is 21.3 Å². The van der Waals surface area contributed by atoms with E-state index in [0.29, 0.717) is 6.61 Å². The molecule has 0 aliphatic heterocycles. The third-order valence-corrected chi connectivity index (χ3v) is 5.19. The Bertz CT molecular complexity index is 539. The van der Waals surface area contributed by atoms with E-state index in [0.717, 1.165) is 13.3 Å². The van der Waals surface area contributed by atoms with Crippen LogP contribution in [-0.2, 0) is 0 Å². The molecule has 1 aromatic carbocycles. The van der Waals surface area contributed by atoms with Crippen molar-refractivity contribution in [3.63, 3.8) is 0 Å². The highest BCUT2D eigenvalue weighted by molar-refractivity contribution is 9.12. The molecule has 0 saturated carbocycles. The number of hydrogen-bond donors (Lipinski definition) is 1. The molecule has 1 unspecified atom stereocenters. The van der Waals surface area contributed by atoms with E-state index in [1.54, 1.807) is 11.3 Å². The Morgan fingerprint density at radius 1 is 1.26 bits per heavy atom. The molecule has 1 atom stereocenters. The van der Waals surface area contributed by atoms with Gasteiger partial charge in [0.15, 0.2) is 0 Å². The van der Waals surface area contributed by atoms with Crippen molar-refractivity contribution in [3.05, 3.63) is 49.0 Å². The predicted octanol–water partition coefficient (Wildman–Crippen LogP) is 4.98. The number of benzene rings is 1. The number of halogens is 2. The van der Waals surface area contributed by atoms with Crippen molar-refractivity contribution >= 4 is 43.2 Å². The van der Waals surface area contributed by atoms with Gasteiger partial charge in [-0.3, -0.25) is 0 Å². The molecule has 0 radical (unpaired) electrons. The minimum atomic E-state index is 0.174. The zero-order chi connectivity index (χ0) is 13.8. The fourth-order valence-corrected chi connectivity index (χ4v) is 4.88. The number of ether oxygens (including phenoxy) is 1. The summed E-state index contributed by atoms with van der Waals surface area (Å²) in [5, 5.41) is 3.36. The van der Waals surface area contributed by atoms with Gasteiger partial charge in [0.2, 0.25) is 0 Å². The summed E-state index contributed by atoms with van der Waals surface area (Å²) in [5.74, 6) is 0.909. The minimum Gasteiger partial charge on any atom is -0.494 e. The van der Waals surface area contributed by atoms with E-state index in [1.807, 2.05) is 26.1 Å². The second-order valence-corrected chi connectivity index (χ2v) is 7.75. The van der Waals surface area contributed by atoms with E-state index in [-0.39, 0.29) is 6.04 Å². The first-order valence-electron chi connectivity index (χ1n) is 6.00. The Morgan fingerprint density at radius 3 is 2.42 bits per heavy atom. The molecule has 0 fully saturated rings. The molecule has 0 bridgehead atoms. The van der Waals surface area contributed by atoms with Gasteiger partial charge < -0.3 is 10.1 Å². The molecule has 1 heterocycles. The average molecular weight is 405 g/mol. The summed E-state index contributed by atoms with van der Waals surface area (Å²) in [4.78, 5) is 0. The van der Waals surface area contributed by atoms with Crippen LogP contribution in [-0.4, -0.2) is 13.7 Å². The van der Waals surface area contributed by atoms with Gasteiger partial charge in [-0.15, -0.1) is 11.3 Å². The lowest BCUT2D eigenvalue weighted by molar-refractivity contribution is 0.340. The molecule has 2 aromatic rings. The standard InChI is InChI=1S/C14H15Br2NOS/c1-3-18-10-6-4-9(5-7-10)13(17-2)11-8-12(15)19-14(11)16/h4-8,13,17H,3H2,1-2H3. The summed E-state index contributed by atoms with van der Waals surface area (Å²) in [7, 11) is 1.97. The fourth-order valence-electron chi connectivity index (χ4n) is 1.97. The highest BCUT2D eigenvalue weighted by atomic mass is 79.9. The molecule has 102 valence electrons. The Balaban J connectivity index is 2.29. The second-order valence-electron chi connectivity index (χ2n) is 4.00. The molecule has 0 amide bonds. The fraction of sp³-hybridized carbons (Fsp3) is 0.286. The highest BCUT2D eigenvalue weighted by Gasteiger charge is 2.17. The zero-order valence-electron chi connectivity index (χ0n) is 10.7. The van der Waals surface area contributed by atoms with Crippen LogP contribution >= 0.6 is 43.2 Å². The maximum atomic E-state index is 5.47. The average Bonchev–Trinajstić information content (AvgIpc) is 2.72. The van der Waals surface area contributed by atoms with Crippen molar-refractivity contribution < 1.29 is 4.74 Å². The van der Waals surface area contributed by atoms with Gasteiger partial charge in [0.25, 0.3) is 0 Å². The SMILES string of the molecule is CCOc1ccc(C(NC)c2cc(Br)sc2Br)cc1. The van der Waals surface area contributed by atoms with Gasteiger partial charge >= 0.3 is 0 Å². The molecule has 0 spiro atoms. The van der Waals surface area contributed by atoms with Crippen LogP contribution in [0.15, 0.2) is 37.9 Å². The second kappa shape index (κ2) is 6.88. The van der Waals surface area contributed by atoms with Crippen molar-refractivity contribution in [3.8, 4) is 5.75 Å². The molecule has 2 nitrogen and oxygen atoms in total. The molecular formula is C14H15Br2NOS. The highest BCUT2D eigenvalue weighted by Crippen LogP contribution is 2.37. The maximum absolute atomic E-state index is 5.47. The number of thiophene rings is 1. The van der Waals surface area contributed by atoms with Gasteiger partial charge in [0.1, 0.15) is 5.75 Å². The van der Waals surface area contributed by atoms with Gasteiger partial charge in [0.05, 0.1) is 20.2 Å². The number of nitrogens with one attached hydrogen (secondary N) is 1. The molecule has 0 aliphatic carbocycles. The van der Waals surface area contributed by atoms with E-state index in [2.05, 4.69) is 55.4 Å². The summed E-state index contributed by atoms with van der Waals surface area (Å²) in [6.07, 6.45) is 0. The lowest BCUT2D eigenvalue weighted by Crippen LogP contribution is -2.17. The smallest absolute Gasteiger partial charge is 0.119 e. The van der Waals surface area contributed by atoms with Gasteiger partial charge in [-0.25, -0.2) is 0 Å². The molecule has 0 aliphatic rings. The first kappa shape index (κ1) is 15.0. The molecular weight excluding hydrogens is 390 g/mol. The van der Waals surface area contributed by atoms with Gasteiger partial charge in [-0.2, -0.15) is 0 Å². The van der Waals surface area contributed by atoms with Gasteiger partial charge in [-0.05, 0) is 75.2 Å². The summed E-state index contributed by atoms with van der Waals surface area (Å²) in [6.45, 7) is 2.68. The van der Waals surface area contributed by atoms with Crippen LogP contribution in [0.2, 0.25) is 0 Å². The van der Waals surface area contributed by atoms with E-state index < -0.39 is 0 Å². The van der Waals surface area contributed by atoms with E-state index in [9.17, 15) is 0 Å². The summed E-state index contributed by atoms with van der Waals surface area (Å²) in [5.41, 5.74) is 2.46. The Labute approximate surface area is 134 Å². The largest absolute Gasteiger partial charge is 0.494 e. The van der Waals surface area contributed by atoms with E-state index >= 15 is 0 Å². The normalized spacial score (nSPS) is 12.4. The lowest BCUT2D eigenvalue weighted by atomic mass is 10.0. The number of rotatable bonds is 5. The quantitative estimate of drug-likeness (QED) is 0.758. The van der Waals surface area contributed by atoms with Crippen molar-refractivity contribution in [2.24, 2.45) is 0 Å². The summed E-state index contributed by atoms with van der Waals surface area (Å²) >= 11 is 8.83. The third-order valence-electron chi connectivity index (χ3n) is 2.81. The Hall–Kier alpha value is -0.360. The zero-order valence-corrected chi connectivity index (χ0v) is 14.7. The van der Waals surface area contributed by atoms with Crippen LogP contribution in [0.5, 0.6) is 5.75 Å². The Kier molecular flexibility index (Phi) is 5.45. The molecule has 1 N–H and O–H groups in total. The minimum absolute atomic E-state index is 0.174. The van der Waals surface area contributed by atoms with Crippen molar-refractivity contribution in [2.45, 2.75) is 13.0 Å². The van der Waals surface area contributed by atoms with Crippen LogP contribution in [0, 0.1) is 0 Å². The van der Waals surface area contributed by atoms with Crippen molar-refractivity contribution in [1.29, 1.82) is 0 Å². The lowest BCUT2D eigenvalue weighted by Gasteiger charge is -2.17. The number of hydrogen-bond acceptors (Lipinski definition) is 3. The van der Waals surface area contributed by atoms with Crippen molar-refractivity contribution in [1.82, 2.24) is 5.32 Å². The molecule has 5 heteroatoms. The van der Waals surface area contributed by atoms with E-state index in [4.69, 9.17) is 4.74 Å². The molecule has 2 rings (SSSR count). The Morgan fingerprint density at radius 2 is 1.95 bits per heavy atom. The third kappa shape index (κ3) is 3.60. The summed E-state index contributed by atoms with van der Waals surface area (Å²) in [6, 6.07) is 10.5. The van der Waals surface area contributed by atoms with Crippen LogP contribution in [0.3, 0.4) is 0 Å². The van der Waals surface area contributed by atoms with Crippen LogP contribution in [0.4, 0.5) is 0 Å².